The molecule has 5 nitrogen and oxygen atoms in total. The van der Waals surface area contributed by atoms with E-state index in [0.717, 1.165) is 27.9 Å². The van der Waals surface area contributed by atoms with Crippen LogP contribution in [0, 0.1) is 0 Å². The van der Waals surface area contributed by atoms with Gasteiger partial charge in [-0.3, -0.25) is 4.79 Å². The summed E-state index contributed by atoms with van der Waals surface area (Å²) in [5.41, 5.74) is 4.50. The molecule has 1 heterocycles. The number of ether oxygens (including phenoxy) is 1. The minimum atomic E-state index is -0.887. The van der Waals surface area contributed by atoms with Crippen LogP contribution in [0.1, 0.15) is 23.1 Å². The van der Waals surface area contributed by atoms with E-state index in [1.54, 1.807) is 12.1 Å². The molecule has 1 N–H and O–H groups in total. The summed E-state index contributed by atoms with van der Waals surface area (Å²) < 4.78 is 8.17. The number of nitrogens with zero attached hydrogens (tertiary/aromatic N) is 2. The molecule has 0 unspecified atom stereocenters. The van der Waals surface area contributed by atoms with Crippen LogP contribution < -0.4 is 4.74 Å². The zero-order valence-electron chi connectivity index (χ0n) is 16.6. The van der Waals surface area contributed by atoms with Gasteiger partial charge in [-0.1, -0.05) is 53.5 Å². The van der Waals surface area contributed by atoms with Crippen LogP contribution in [0.15, 0.2) is 67.0 Å². The third-order valence-electron chi connectivity index (χ3n) is 5.02. The smallest absolute Gasteiger partial charge is 0.303 e. The highest BCUT2D eigenvalue weighted by molar-refractivity contribution is 6.36. The molecule has 0 saturated carbocycles. The number of aliphatic carboxylic acids is 1. The molecule has 0 saturated heterocycles. The van der Waals surface area contributed by atoms with Gasteiger partial charge in [-0.05, 0) is 47.9 Å². The quantitative estimate of drug-likeness (QED) is 0.355. The molecule has 3 aromatic carbocycles. The predicted octanol–water partition coefficient (Wildman–Crippen LogP) is 5.99. The van der Waals surface area contributed by atoms with Gasteiger partial charge >= 0.3 is 5.97 Å². The van der Waals surface area contributed by atoms with E-state index in [4.69, 9.17) is 33.0 Å². The van der Waals surface area contributed by atoms with E-state index in [0.29, 0.717) is 28.8 Å². The molecular weight excluding hydrogens is 435 g/mol. The summed E-state index contributed by atoms with van der Waals surface area (Å²) in [5, 5.41) is 9.79. The van der Waals surface area contributed by atoms with Crippen molar-refractivity contribution in [3.05, 3.63) is 93.7 Å². The van der Waals surface area contributed by atoms with Gasteiger partial charge in [-0.25, -0.2) is 4.98 Å². The molecule has 0 bridgehead atoms. The number of hydrogen-bond acceptors (Lipinski definition) is 3. The number of carboxylic acid groups (broad SMARTS) is 1. The summed E-state index contributed by atoms with van der Waals surface area (Å²) in [6, 6.07) is 19.4. The number of imidazole rings is 1. The van der Waals surface area contributed by atoms with Crippen LogP contribution in [-0.4, -0.2) is 20.6 Å². The van der Waals surface area contributed by atoms with Gasteiger partial charge in [-0.2, -0.15) is 0 Å². The van der Waals surface area contributed by atoms with E-state index >= 15 is 0 Å². The summed E-state index contributed by atoms with van der Waals surface area (Å²) in [7, 11) is 0. The zero-order valence-corrected chi connectivity index (χ0v) is 18.1. The van der Waals surface area contributed by atoms with Gasteiger partial charge in [0.15, 0.2) is 0 Å². The maximum absolute atomic E-state index is 10.8. The second-order valence-corrected chi connectivity index (χ2v) is 8.00. The molecule has 0 radical (unpaired) electrons. The molecule has 0 aliphatic heterocycles. The molecule has 31 heavy (non-hydrogen) atoms. The number of halogens is 2. The molecule has 158 valence electrons. The molecule has 0 spiro atoms. The Hall–Kier alpha value is -3.02. The van der Waals surface area contributed by atoms with Gasteiger partial charge in [-0.15, -0.1) is 0 Å². The maximum Gasteiger partial charge on any atom is 0.303 e. The van der Waals surface area contributed by atoms with Gasteiger partial charge in [0.1, 0.15) is 12.4 Å². The summed E-state index contributed by atoms with van der Waals surface area (Å²) >= 11 is 12.7. The van der Waals surface area contributed by atoms with Crippen LogP contribution in [0.3, 0.4) is 0 Å². The highest BCUT2D eigenvalue weighted by Crippen LogP contribution is 2.29. The number of aromatic nitrogens is 2. The highest BCUT2D eigenvalue weighted by Gasteiger charge is 2.12. The fraction of sp³-hybridized carbons (Fsp3) is 0.167. The SMILES string of the molecule is O=C(O)CCc1c(Cl)cc(COc2ccccc2Cn2cnc3ccccc32)cc1Cl. The fourth-order valence-corrected chi connectivity index (χ4v) is 4.19. The van der Waals surface area contributed by atoms with Crippen molar-refractivity contribution in [2.75, 3.05) is 0 Å². The van der Waals surface area contributed by atoms with E-state index in [1.165, 1.54) is 0 Å². The largest absolute Gasteiger partial charge is 0.489 e. The number of fused-ring (bicyclic) bond motifs is 1. The lowest BCUT2D eigenvalue weighted by Crippen LogP contribution is -2.04. The number of benzene rings is 3. The van der Waals surface area contributed by atoms with Crippen LogP contribution in [-0.2, 0) is 24.4 Å². The molecule has 0 atom stereocenters. The number of carboxylic acids is 1. The normalized spacial score (nSPS) is 11.0. The van der Waals surface area contributed by atoms with Crippen LogP contribution in [0.4, 0.5) is 0 Å². The predicted molar refractivity (Wildman–Crippen MR) is 122 cm³/mol. The molecule has 1 aromatic heterocycles. The molecule has 0 aliphatic carbocycles. The van der Waals surface area contributed by atoms with Crippen molar-refractivity contribution in [3.8, 4) is 5.75 Å². The Balaban J connectivity index is 1.50. The van der Waals surface area contributed by atoms with E-state index in [2.05, 4.69) is 9.55 Å². The molecule has 0 aliphatic rings. The molecule has 0 amide bonds. The lowest BCUT2D eigenvalue weighted by Gasteiger charge is -2.14. The van der Waals surface area contributed by atoms with Crippen molar-refractivity contribution in [2.45, 2.75) is 26.0 Å². The standard InChI is InChI=1S/C24H20Cl2N2O3/c25-19-11-16(12-20(26)18(19)9-10-24(29)30)14-31-23-8-4-1-5-17(23)13-28-15-27-21-6-2-3-7-22(21)28/h1-8,11-12,15H,9-10,13-14H2,(H,29,30). The first kappa shape index (κ1) is 21.2. The van der Waals surface area contributed by atoms with Gasteiger partial charge < -0.3 is 14.4 Å². The summed E-state index contributed by atoms with van der Waals surface area (Å²) in [4.78, 5) is 15.3. The van der Waals surface area contributed by atoms with E-state index in [-0.39, 0.29) is 12.8 Å². The number of carbonyl (C=O) groups is 1. The van der Waals surface area contributed by atoms with Crippen molar-refractivity contribution in [3.63, 3.8) is 0 Å². The van der Waals surface area contributed by atoms with Crippen LogP contribution in [0.5, 0.6) is 5.75 Å². The Morgan fingerprint density at radius 1 is 1.03 bits per heavy atom. The molecule has 4 aromatic rings. The Morgan fingerprint density at radius 3 is 2.52 bits per heavy atom. The third-order valence-corrected chi connectivity index (χ3v) is 5.70. The third kappa shape index (κ3) is 5.01. The van der Waals surface area contributed by atoms with Crippen LogP contribution in [0.2, 0.25) is 10.0 Å². The number of hydrogen-bond donors (Lipinski definition) is 1. The first-order valence-corrected chi connectivity index (χ1v) is 10.6. The number of rotatable bonds is 8. The van der Waals surface area contributed by atoms with E-state index in [1.807, 2.05) is 54.9 Å². The Bertz CT molecular complexity index is 1210. The van der Waals surface area contributed by atoms with Gasteiger partial charge in [0, 0.05) is 22.0 Å². The van der Waals surface area contributed by atoms with Crippen molar-refractivity contribution in [1.29, 1.82) is 0 Å². The van der Waals surface area contributed by atoms with Crippen molar-refractivity contribution in [1.82, 2.24) is 9.55 Å². The van der Waals surface area contributed by atoms with Crippen molar-refractivity contribution in [2.24, 2.45) is 0 Å². The summed E-state index contributed by atoms with van der Waals surface area (Å²) in [6.07, 6.45) is 2.10. The van der Waals surface area contributed by atoms with Gasteiger partial charge in [0.25, 0.3) is 0 Å². The Kier molecular flexibility index (Phi) is 6.44. The second kappa shape index (κ2) is 9.41. The minimum absolute atomic E-state index is 0.0222. The molecule has 7 heteroatoms. The van der Waals surface area contributed by atoms with Crippen molar-refractivity contribution < 1.29 is 14.6 Å². The first-order valence-electron chi connectivity index (χ1n) is 9.80. The lowest BCUT2D eigenvalue weighted by molar-refractivity contribution is -0.136. The highest BCUT2D eigenvalue weighted by atomic mass is 35.5. The Morgan fingerprint density at radius 2 is 1.74 bits per heavy atom. The topological polar surface area (TPSA) is 64.3 Å². The second-order valence-electron chi connectivity index (χ2n) is 7.19. The molecule has 4 rings (SSSR count). The first-order chi connectivity index (χ1) is 15.0. The average Bonchev–Trinajstić information content (AvgIpc) is 3.15. The van der Waals surface area contributed by atoms with E-state index in [9.17, 15) is 4.79 Å². The maximum atomic E-state index is 10.8. The van der Waals surface area contributed by atoms with Gasteiger partial charge in [0.05, 0.1) is 23.9 Å². The Labute approximate surface area is 189 Å². The molecular formula is C24H20Cl2N2O3. The lowest BCUT2D eigenvalue weighted by atomic mass is 10.1. The fourth-order valence-electron chi connectivity index (χ4n) is 3.47. The van der Waals surface area contributed by atoms with Crippen LogP contribution >= 0.6 is 23.2 Å². The molecule has 0 fully saturated rings. The van der Waals surface area contributed by atoms with Crippen LogP contribution in [0.25, 0.3) is 11.0 Å². The van der Waals surface area contributed by atoms with Crippen molar-refractivity contribution >= 4 is 40.2 Å². The summed E-state index contributed by atoms with van der Waals surface area (Å²) in [5.74, 6) is -0.121. The minimum Gasteiger partial charge on any atom is -0.489 e. The zero-order chi connectivity index (χ0) is 21.8. The van der Waals surface area contributed by atoms with E-state index < -0.39 is 5.97 Å². The average molecular weight is 455 g/mol. The van der Waals surface area contributed by atoms with Gasteiger partial charge in [0.2, 0.25) is 0 Å². The number of para-hydroxylation sites is 3. The monoisotopic (exact) mass is 454 g/mol. The summed E-state index contributed by atoms with van der Waals surface area (Å²) in [6.45, 7) is 0.923.